The van der Waals surface area contributed by atoms with E-state index < -0.39 is 6.16 Å². The average Bonchev–Trinajstić information content (AvgIpc) is 3.52. The van der Waals surface area contributed by atoms with Crippen LogP contribution in [0.15, 0.2) is 20.0 Å². The lowest BCUT2D eigenvalue weighted by Crippen LogP contribution is -2.27. The predicted octanol–water partition coefficient (Wildman–Crippen LogP) is 4.95. The van der Waals surface area contributed by atoms with Crippen molar-refractivity contribution in [1.29, 1.82) is 0 Å². The number of halogens is 2. The fraction of sp³-hybridized carbons (Fsp3) is 0.526. The first-order chi connectivity index (χ1) is 16.8. The van der Waals surface area contributed by atoms with Crippen LogP contribution in [0, 0.1) is 10.8 Å². The number of rotatable bonds is 6. The summed E-state index contributed by atoms with van der Waals surface area (Å²) in [5.41, 5.74) is -0.594. The Balaban J connectivity index is 1.47. The molecule has 2 unspecified atom stereocenters. The van der Waals surface area contributed by atoms with E-state index in [4.69, 9.17) is 9.47 Å². The summed E-state index contributed by atoms with van der Waals surface area (Å²) in [6.07, 6.45) is 2.30. The van der Waals surface area contributed by atoms with Crippen LogP contribution in [-0.2, 0) is 0 Å². The monoisotopic (exact) mass is 660 g/mol. The molecule has 0 aliphatic rings. The molecule has 0 amide bonds. The number of hydrogen-bond acceptors (Lipinski definition) is 13. The first kappa shape index (κ1) is 26.7. The summed E-state index contributed by atoms with van der Waals surface area (Å²) in [5.74, 6) is 0. The Hall–Kier alpha value is -2.37. The molecule has 0 spiro atoms. The van der Waals surface area contributed by atoms with Gasteiger partial charge in [-0.2, -0.15) is 9.59 Å². The second-order valence-electron chi connectivity index (χ2n) is 9.78. The highest BCUT2D eigenvalue weighted by atomic mass is 79.9. The van der Waals surface area contributed by atoms with Gasteiger partial charge in [-0.15, -0.1) is 22.7 Å². The molecule has 0 saturated heterocycles. The Morgan fingerprint density at radius 2 is 1.19 bits per heavy atom. The van der Waals surface area contributed by atoms with Crippen molar-refractivity contribution in [3.05, 3.63) is 30.0 Å². The minimum atomic E-state index is -1.12. The summed E-state index contributed by atoms with van der Waals surface area (Å²) in [4.78, 5) is 23.9. The van der Waals surface area contributed by atoms with Gasteiger partial charge < -0.3 is 9.47 Å². The molecule has 17 heteroatoms. The second-order valence-corrected chi connectivity index (χ2v) is 14.7. The Labute approximate surface area is 230 Å². The van der Waals surface area contributed by atoms with Crippen LogP contribution >= 0.6 is 54.5 Å². The third kappa shape index (κ3) is 6.12. The van der Waals surface area contributed by atoms with Crippen molar-refractivity contribution in [2.45, 2.75) is 53.6 Å². The SMILES string of the molecule is CC(C)(C)C(c1ncc(Br)s1)n1nnc(OC(=O)Oc2nnn(C(c3ncc(Br)s3)C(C)(C)C)n2)n1. The Bertz CT molecular complexity index is 1250. The molecule has 36 heavy (non-hydrogen) atoms. The number of carbonyl (C=O) groups excluding carboxylic acids is 1. The Morgan fingerprint density at radius 1 is 0.806 bits per heavy atom. The van der Waals surface area contributed by atoms with Crippen molar-refractivity contribution < 1.29 is 14.3 Å². The largest absolute Gasteiger partial charge is 0.524 e. The van der Waals surface area contributed by atoms with Crippen molar-refractivity contribution in [2.24, 2.45) is 10.8 Å². The van der Waals surface area contributed by atoms with Crippen molar-refractivity contribution in [2.75, 3.05) is 0 Å². The lowest BCUT2D eigenvalue weighted by molar-refractivity contribution is 0.142. The molecule has 0 aromatic carbocycles. The predicted molar refractivity (Wildman–Crippen MR) is 137 cm³/mol. The van der Waals surface area contributed by atoms with Gasteiger partial charge in [0.05, 0.1) is 20.0 Å². The third-order valence-corrected chi connectivity index (χ3v) is 7.79. The maximum absolute atomic E-state index is 12.4. The fourth-order valence-corrected chi connectivity index (χ4v) is 6.45. The van der Waals surface area contributed by atoms with Crippen molar-refractivity contribution in [1.82, 2.24) is 50.4 Å². The summed E-state index contributed by atoms with van der Waals surface area (Å²) >= 11 is 9.77. The molecule has 2 atom stereocenters. The molecule has 192 valence electrons. The van der Waals surface area contributed by atoms with E-state index in [1.165, 1.54) is 32.3 Å². The summed E-state index contributed by atoms with van der Waals surface area (Å²) in [6.45, 7) is 12.1. The zero-order chi connectivity index (χ0) is 26.3. The molecule has 13 nitrogen and oxygen atoms in total. The minimum absolute atomic E-state index is 0.280. The average molecular weight is 662 g/mol. The number of thiazole rings is 2. The molecule has 0 saturated carbocycles. The normalized spacial score (nSPS) is 14.0. The number of carbonyl (C=O) groups is 1. The van der Waals surface area contributed by atoms with Gasteiger partial charge in [0, 0.05) is 0 Å². The summed E-state index contributed by atoms with van der Waals surface area (Å²) in [7, 11) is 0. The zero-order valence-corrected chi connectivity index (χ0v) is 24.9. The fourth-order valence-electron chi connectivity index (χ4n) is 3.31. The van der Waals surface area contributed by atoms with Crippen LogP contribution in [0.5, 0.6) is 12.0 Å². The van der Waals surface area contributed by atoms with E-state index in [1.54, 1.807) is 12.4 Å². The molecule has 0 aliphatic heterocycles. The van der Waals surface area contributed by atoms with Crippen molar-refractivity contribution in [3.8, 4) is 12.0 Å². The van der Waals surface area contributed by atoms with Gasteiger partial charge in [0.2, 0.25) is 0 Å². The zero-order valence-electron chi connectivity index (χ0n) is 20.1. The van der Waals surface area contributed by atoms with E-state index in [0.29, 0.717) is 0 Å². The second kappa shape index (κ2) is 10.2. The maximum atomic E-state index is 12.4. The molecular weight excluding hydrogens is 640 g/mol. The van der Waals surface area contributed by atoms with E-state index in [2.05, 4.69) is 72.6 Å². The van der Waals surface area contributed by atoms with E-state index >= 15 is 0 Å². The number of tetrazole rings is 2. The van der Waals surface area contributed by atoms with Crippen LogP contribution < -0.4 is 9.47 Å². The van der Waals surface area contributed by atoms with Crippen LogP contribution in [0.1, 0.15) is 63.6 Å². The molecule has 0 bridgehead atoms. The van der Waals surface area contributed by atoms with E-state index in [1.807, 2.05) is 41.5 Å². The van der Waals surface area contributed by atoms with Crippen LogP contribution in [0.25, 0.3) is 0 Å². The van der Waals surface area contributed by atoms with Gasteiger partial charge in [-0.3, -0.25) is 0 Å². The molecule has 0 aliphatic carbocycles. The molecule has 0 fully saturated rings. The molecule has 4 aromatic heterocycles. The van der Waals surface area contributed by atoms with E-state index in [-0.39, 0.29) is 34.9 Å². The Morgan fingerprint density at radius 3 is 1.50 bits per heavy atom. The maximum Gasteiger partial charge on any atom is 0.524 e. The molecule has 4 aromatic rings. The van der Waals surface area contributed by atoms with Gasteiger partial charge in [0.1, 0.15) is 22.1 Å². The van der Waals surface area contributed by atoms with Crippen molar-refractivity contribution in [3.63, 3.8) is 0 Å². The molecule has 0 radical (unpaired) electrons. The smallest absolute Gasteiger partial charge is 0.355 e. The van der Waals surface area contributed by atoms with Crippen LogP contribution in [0.4, 0.5) is 4.79 Å². The molecule has 4 rings (SSSR count). The van der Waals surface area contributed by atoms with Gasteiger partial charge >= 0.3 is 18.2 Å². The standard InChI is InChI=1S/C19H22Br2N10O3S2/c1-18(2,3)11(13-22-7-9(20)35-13)30-26-15(24-28-30)33-17(32)34-16-25-29-31(27-16)12(19(4,5)6)14-23-8-10(21)36-14/h7-8,11-12H,1-6H3. The first-order valence-electron chi connectivity index (χ1n) is 10.5. The number of hydrogen-bond donors (Lipinski definition) is 0. The van der Waals surface area contributed by atoms with E-state index in [0.717, 1.165) is 17.6 Å². The van der Waals surface area contributed by atoms with Crippen molar-refractivity contribution >= 4 is 60.7 Å². The summed E-state index contributed by atoms with van der Waals surface area (Å²) in [5, 5.41) is 25.7. The number of ether oxygens (including phenoxy) is 2. The van der Waals surface area contributed by atoms with Gasteiger partial charge in [-0.25, -0.2) is 14.8 Å². The number of nitrogens with zero attached hydrogens (tertiary/aromatic N) is 10. The third-order valence-electron chi connectivity index (χ3n) is 4.73. The van der Waals surface area contributed by atoms with Gasteiger partial charge in [0.25, 0.3) is 0 Å². The topological polar surface area (TPSA) is 149 Å². The van der Waals surface area contributed by atoms with Crippen LogP contribution in [0.3, 0.4) is 0 Å². The molecule has 4 heterocycles. The summed E-state index contributed by atoms with van der Waals surface area (Å²) in [6, 6.07) is -1.23. The lowest BCUT2D eigenvalue weighted by Gasteiger charge is -2.27. The Kier molecular flexibility index (Phi) is 7.55. The number of aromatic nitrogens is 10. The first-order valence-corrected chi connectivity index (χ1v) is 13.7. The highest BCUT2D eigenvalue weighted by molar-refractivity contribution is 9.11. The summed E-state index contributed by atoms with van der Waals surface area (Å²) < 4.78 is 12.0. The lowest BCUT2D eigenvalue weighted by atomic mass is 9.87. The van der Waals surface area contributed by atoms with Crippen LogP contribution in [-0.4, -0.2) is 56.5 Å². The van der Waals surface area contributed by atoms with Gasteiger partial charge in [0.15, 0.2) is 0 Å². The van der Waals surface area contributed by atoms with E-state index in [9.17, 15) is 4.79 Å². The quantitative estimate of drug-likeness (QED) is 0.258. The van der Waals surface area contributed by atoms with Gasteiger partial charge in [-0.05, 0) is 53.1 Å². The van der Waals surface area contributed by atoms with Gasteiger partial charge in [-0.1, -0.05) is 61.9 Å². The molecular formula is C19H22Br2N10O3S2. The minimum Gasteiger partial charge on any atom is -0.355 e. The highest BCUT2D eigenvalue weighted by Crippen LogP contribution is 2.39. The van der Waals surface area contributed by atoms with Crippen LogP contribution in [0.2, 0.25) is 0 Å². The molecule has 0 N–H and O–H groups in total. The highest BCUT2D eigenvalue weighted by Gasteiger charge is 2.35.